The quantitative estimate of drug-likeness (QED) is 0.640. The Morgan fingerprint density at radius 1 is 1.22 bits per heavy atom. The normalized spacial score (nSPS) is 9.83. The van der Waals surface area contributed by atoms with Crippen LogP contribution in [0.1, 0.15) is 5.56 Å². The van der Waals surface area contributed by atoms with Crippen LogP contribution in [0.4, 0.5) is 21.5 Å². The number of halogens is 2. The highest BCUT2D eigenvalue weighted by Crippen LogP contribution is 2.25. The summed E-state index contributed by atoms with van der Waals surface area (Å²) in [6, 6.07) is 11.6. The fourth-order valence-corrected chi connectivity index (χ4v) is 2.09. The maximum absolute atomic E-state index is 13.0. The van der Waals surface area contributed by atoms with E-state index in [4.69, 9.17) is 11.0 Å². The van der Waals surface area contributed by atoms with E-state index >= 15 is 0 Å². The number of nitriles is 1. The van der Waals surface area contributed by atoms with Crippen molar-refractivity contribution < 1.29 is 4.39 Å². The van der Waals surface area contributed by atoms with Crippen LogP contribution in [0.2, 0.25) is 0 Å². The van der Waals surface area contributed by atoms with Gasteiger partial charge in [-0.15, -0.1) is 0 Å². The zero-order valence-corrected chi connectivity index (χ0v) is 11.4. The smallest absolute Gasteiger partial charge is 0.124 e. The Kier molecular flexibility index (Phi) is 3.67. The molecule has 5 heteroatoms. The number of nitrogens with one attached hydrogen (secondary N) is 1. The highest BCUT2D eigenvalue weighted by molar-refractivity contribution is 14.1. The lowest BCUT2D eigenvalue weighted by atomic mass is 10.1. The molecule has 90 valence electrons. The Morgan fingerprint density at radius 2 is 2.00 bits per heavy atom. The number of nitrogen functional groups attached to an aromatic ring is 1. The van der Waals surface area contributed by atoms with Gasteiger partial charge in [-0.05, 0) is 59.0 Å². The summed E-state index contributed by atoms with van der Waals surface area (Å²) >= 11 is 2.05. The van der Waals surface area contributed by atoms with Crippen molar-refractivity contribution in [3.63, 3.8) is 0 Å². The van der Waals surface area contributed by atoms with Crippen molar-refractivity contribution in [3.8, 4) is 6.07 Å². The van der Waals surface area contributed by atoms with E-state index in [-0.39, 0.29) is 5.82 Å². The largest absolute Gasteiger partial charge is 0.398 e. The molecule has 18 heavy (non-hydrogen) atoms. The number of hydrogen-bond acceptors (Lipinski definition) is 3. The zero-order chi connectivity index (χ0) is 13.1. The van der Waals surface area contributed by atoms with E-state index in [0.29, 0.717) is 11.3 Å². The Bertz CT molecular complexity index is 635. The van der Waals surface area contributed by atoms with Gasteiger partial charge in [-0.2, -0.15) is 5.26 Å². The standard InChI is InChI=1S/C13H9FIN3/c14-9-1-4-13(11(15)6-9)18-10-2-3-12(17)8(5-10)7-16/h1-6,18H,17H2. The molecule has 3 nitrogen and oxygen atoms in total. The summed E-state index contributed by atoms with van der Waals surface area (Å²) in [5.41, 5.74) is 8.02. The van der Waals surface area contributed by atoms with Gasteiger partial charge >= 0.3 is 0 Å². The van der Waals surface area contributed by atoms with Crippen molar-refractivity contribution >= 4 is 39.7 Å². The molecule has 0 spiro atoms. The molecule has 0 aliphatic heterocycles. The van der Waals surface area contributed by atoms with Crippen LogP contribution >= 0.6 is 22.6 Å². The summed E-state index contributed by atoms with van der Waals surface area (Å²) in [6.07, 6.45) is 0. The van der Waals surface area contributed by atoms with Crippen LogP contribution < -0.4 is 11.1 Å². The summed E-state index contributed by atoms with van der Waals surface area (Å²) in [5, 5.41) is 12.0. The minimum Gasteiger partial charge on any atom is -0.398 e. The highest BCUT2D eigenvalue weighted by Gasteiger charge is 2.04. The Labute approximate surface area is 118 Å². The van der Waals surface area contributed by atoms with Crippen molar-refractivity contribution in [2.75, 3.05) is 11.1 Å². The van der Waals surface area contributed by atoms with E-state index in [0.717, 1.165) is 14.9 Å². The third-order valence-corrected chi connectivity index (χ3v) is 3.28. The number of anilines is 3. The average molecular weight is 353 g/mol. The maximum atomic E-state index is 13.0. The molecule has 0 amide bonds. The molecule has 0 aliphatic carbocycles. The molecule has 0 heterocycles. The summed E-state index contributed by atoms with van der Waals surface area (Å²) < 4.78 is 13.7. The fraction of sp³-hybridized carbons (Fsp3) is 0. The molecule has 0 saturated heterocycles. The van der Waals surface area contributed by atoms with Gasteiger partial charge in [-0.25, -0.2) is 4.39 Å². The van der Waals surface area contributed by atoms with Crippen LogP contribution in [-0.4, -0.2) is 0 Å². The lowest BCUT2D eigenvalue weighted by molar-refractivity contribution is 0.627. The number of benzene rings is 2. The molecule has 2 aromatic rings. The third kappa shape index (κ3) is 2.71. The Balaban J connectivity index is 2.32. The molecule has 0 fully saturated rings. The van der Waals surface area contributed by atoms with Gasteiger partial charge in [0.2, 0.25) is 0 Å². The number of nitrogens with zero attached hydrogens (tertiary/aromatic N) is 1. The predicted molar refractivity (Wildman–Crippen MR) is 78.0 cm³/mol. The second-order valence-electron chi connectivity index (χ2n) is 3.66. The van der Waals surface area contributed by atoms with Gasteiger partial charge in [0, 0.05) is 14.9 Å². The lowest BCUT2D eigenvalue weighted by Gasteiger charge is -2.09. The van der Waals surface area contributed by atoms with E-state index < -0.39 is 0 Å². The first-order chi connectivity index (χ1) is 8.60. The summed E-state index contributed by atoms with van der Waals surface area (Å²) in [6.45, 7) is 0. The lowest BCUT2D eigenvalue weighted by Crippen LogP contribution is -1.96. The van der Waals surface area contributed by atoms with Crippen LogP contribution in [0.5, 0.6) is 0 Å². The molecule has 3 N–H and O–H groups in total. The van der Waals surface area contributed by atoms with Gasteiger partial charge in [0.1, 0.15) is 11.9 Å². The molecular weight excluding hydrogens is 344 g/mol. The first-order valence-corrected chi connectivity index (χ1v) is 6.20. The highest BCUT2D eigenvalue weighted by atomic mass is 127. The molecule has 0 unspecified atom stereocenters. The number of rotatable bonds is 2. The Morgan fingerprint density at radius 3 is 2.67 bits per heavy atom. The molecule has 0 atom stereocenters. The first kappa shape index (κ1) is 12.6. The predicted octanol–water partition coefficient (Wildman–Crippen LogP) is 3.63. The molecule has 0 aromatic heterocycles. The van der Waals surface area contributed by atoms with Gasteiger partial charge in [-0.3, -0.25) is 0 Å². The van der Waals surface area contributed by atoms with Crippen LogP contribution in [0.25, 0.3) is 0 Å². The van der Waals surface area contributed by atoms with E-state index in [1.54, 1.807) is 24.3 Å². The van der Waals surface area contributed by atoms with Crippen molar-refractivity contribution in [1.82, 2.24) is 0 Å². The van der Waals surface area contributed by atoms with E-state index in [1.165, 1.54) is 12.1 Å². The van der Waals surface area contributed by atoms with Crippen LogP contribution in [0, 0.1) is 20.7 Å². The molecule has 0 saturated carbocycles. The maximum Gasteiger partial charge on any atom is 0.124 e. The molecule has 2 rings (SSSR count). The van der Waals surface area contributed by atoms with Crippen molar-refractivity contribution in [1.29, 1.82) is 5.26 Å². The van der Waals surface area contributed by atoms with Crippen molar-refractivity contribution in [2.24, 2.45) is 0 Å². The summed E-state index contributed by atoms with van der Waals surface area (Å²) in [5.74, 6) is -0.278. The minimum absolute atomic E-state index is 0.278. The molecular formula is C13H9FIN3. The second-order valence-corrected chi connectivity index (χ2v) is 4.83. The van der Waals surface area contributed by atoms with Gasteiger partial charge in [0.15, 0.2) is 0 Å². The van der Waals surface area contributed by atoms with Crippen LogP contribution in [-0.2, 0) is 0 Å². The van der Waals surface area contributed by atoms with E-state index in [1.807, 2.05) is 28.7 Å². The number of nitrogens with two attached hydrogens (primary N) is 1. The molecule has 0 aliphatic rings. The molecule has 2 aromatic carbocycles. The van der Waals surface area contributed by atoms with E-state index in [9.17, 15) is 4.39 Å². The average Bonchev–Trinajstić information content (AvgIpc) is 2.35. The van der Waals surface area contributed by atoms with Crippen molar-refractivity contribution in [2.45, 2.75) is 0 Å². The topological polar surface area (TPSA) is 61.8 Å². The van der Waals surface area contributed by atoms with Crippen molar-refractivity contribution in [3.05, 3.63) is 51.3 Å². The molecule has 0 radical (unpaired) electrons. The summed E-state index contributed by atoms with van der Waals surface area (Å²) in [7, 11) is 0. The monoisotopic (exact) mass is 353 g/mol. The van der Waals surface area contributed by atoms with Gasteiger partial charge in [0.05, 0.1) is 11.3 Å². The first-order valence-electron chi connectivity index (χ1n) is 5.12. The van der Waals surface area contributed by atoms with Gasteiger partial charge in [-0.1, -0.05) is 0 Å². The Hall–Kier alpha value is -1.81. The SMILES string of the molecule is N#Cc1cc(Nc2ccc(F)cc2I)ccc1N. The fourth-order valence-electron chi connectivity index (χ4n) is 1.48. The number of hydrogen-bond donors (Lipinski definition) is 2. The van der Waals surface area contributed by atoms with Gasteiger partial charge < -0.3 is 11.1 Å². The second kappa shape index (κ2) is 5.23. The van der Waals surface area contributed by atoms with Crippen LogP contribution in [0.15, 0.2) is 36.4 Å². The summed E-state index contributed by atoms with van der Waals surface area (Å²) in [4.78, 5) is 0. The van der Waals surface area contributed by atoms with Gasteiger partial charge in [0.25, 0.3) is 0 Å². The van der Waals surface area contributed by atoms with E-state index in [2.05, 4.69) is 5.32 Å². The zero-order valence-electron chi connectivity index (χ0n) is 9.24. The molecule has 0 bridgehead atoms. The third-order valence-electron chi connectivity index (χ3n) is 2.38. The minimum atomic E-state index is -0.278. The van der Waals surface area contributed by atoms with Crippen LogP contribution in [0.3, 0.4) is 0 Å².